The Kier molecular flexibility index (Phi) is 4.00. The van der Waals surface area contributed by atoms with Gasteiger partial charge in [0.15, 0.2) is 0 Å². The number of benzene rings is 1. The molecule has 0 heterocycles. The maximum absolute atomic E-state index is 12.0. The Morgan fingerprint density at radius 1 is 1.35 bits per heavy atom. The van der Waals surface area contributed by atoms with Crippen molar-refractivity contribution < 1.29 is 23.0 Å². The van der Waals surface area contributed by atoms with Crippen molar-refractivity contribution >= 4 is 0 Å². The van der Waals surface area contributed by atoms with E-state index in [9.17, 15) is 18.3 Å². The summed E-state index contributed by atoms with van der Waals surface area (Å²) in [5, 5.41) is 10.1. The predicted octanol–water partition coefficient (Wildman–Crippen LogP) is 2.14. The molecule has 0 bridgehead atoms. The van der Waals surface area contributed by atoms with Crippen LogP contribution in [0.15, 0.2) is 24.3 Å². The fourth-order valence-corrected chi connectivity index (χ4v) is 1.45. The summed E-state index contributed by atoms with van der Waals surface area (Å²) < 4.78 is 39.8. The zero-order chi connectivity index (χ0) is 13.1. The van der Waals surface area contributed by atoms with Gasteiger partial charge < -0.3 is 15.6 Å². The molecule has 3 nitrogen and oxygen atoms in total. The topological polar surface area (TPSA) is 55.5 Å². The van der Waals surface area contributed by atoms with E-state index in [1.165, 1.54) is 18.2 Å². The van der Waals surface area contributed by atoms with Crippen LogP contribution in [0.5, 0.6) is 5.75 Å². The quantitative estimate of drug-likeness (QED) is 0.859. The first-order valence-electron chi connectivity index (χ1n) is 5.09. The van der Waals surface area contributed by atoms with Crippen molar-refractivity contribution in [3.05, 3.63) is 29.8 Å². The highest BCUT2D eigenvalue weighted by Crippen LogP contribution is 2.29. The summed E-state index contributed by atoms with van der Waals surface area (Å²) in [5.41, 5.74) is 4.39. The molecule has 1 unspecified atom stereocenters. The number of nitrogens with two attached hydrogens (primary N) is 1. The summed E-state index contributed by atoms with van der Waals surface area (Å²) >= 11 is 0. The second-order valence-corrected chi connectivity index (χ2v) is 3.66. The summed E-state index contributed by atoms with van der Waals surface area (Å²) in [4.78, 5) is 0. The minimum Gasteiger partial charge on any atom is -0.406 e. The number of alkyl halides is 3. The lowest BCUT2D eigenvalue weighted by Crippen LogP contribution is -2.34. The molecule has 1 atom stereocenters. The van der Waals surface area contributed by atoms with Gasteiger partial charge in [0, 0.05) is 6.54 Å². The Morgan fingerprint density at radius 3 is 2.47 bits per heavy atom. The second-order valence-electron chi connectivity index (χ2n) is 3.66. The van der Waals surface area contributed by atoms with Gasteiger partial charge in [-0.2, -0.15) is 0 Å². The van der Waals surface area contributed by atoms with Crippen molar-refractivity contribution in [1.29, 1.82) is 0 Å². The zero-order valence-electron chi connectivity index (χ0n) is 9.29. The highest BCUT2D eigenvalue weighted by Gasteiger charge is 2.32. The van der Waals surface area contributed by atoms with Crippen molar-refractivity contribution in [1.82, 2.24) is 0 Å². The molecule has 0 radical (unpaired) electrons. The third-order valence-corrected chi connectivity index (χ3v) is 2.53. The highest BCUT2D eigenvalue weighted by molar-refractivity contribution is 5.32. The van der Waals surface area contributed by atoms with Crippen molar-refractivity contribution in [3.63, 3.8) is 0 Å². The summed E-state index contributed by atoms with van der Waals surface area (Å²) in [7, 11) is 0. The fourth-order valence-electron chi connectivity index (χ4n) is 1.45. The van der Waals surface area contributed by atoms with Gasteiger partial charge in [-0.1, -0.05) is 19.1 Å². The number of aliphatic hydroxyl groups is 1. The molecule has 1 aromatic rings. The van der Waals surface area contributed by atoms with Crippen LogP contribution in [0.25, 0.3) is 0 Å². The number of hydrogen-bond donors (Lipinski definition) is 2. The van der Waals surface area contributed by atoms with E-state index in [4.69, 9.17) is 5.73 Å². The third-order valence-electron chi connectivity index (χ3n) is 2.53. The molecule has 0 aliphatic carbocycles. The van der Waals surface area contributed by atoms with Crippen LogP contribution in [-0.4, -0.2) is 18.0 Å². The molecule has 0 saturated heterocycles. The minimum atomic E-state index is -4.74. The number of rotatable bonds is 4. The summed E-state index contributed by atoms with van der Waals surface area (Å²) in [6.07, 6.45) is -4.44. The van der Waals surface area contributed by atoms with Gasteiger partial charge in [-0.15, -0.1) is 13.2 Å². The number of halogens is 3. The first kappa shape index (κ1) is 13.8. The predicted molar refractivity (Wildman–Crippen MR) is 56.4 cm³/mol. The highest BCUT2D eigenvalue weighted by atomic mass is 19.4. The largest absolute Gasteiger partial charge is 0.573 e. The average Bonchev–Trinajstić information content (AvgIpc) is 2.26. The van der Waals surface area contributed by atoms with Crippen molar-refractivity contribution in [2.24, 2.45) is 5.73 Å². The smallest absolute Gasteiger partial charge is 0.406 e. The molecule has 0 aromatic heterocycles. The van der Waals surface area contributed by atoms with E-state index in [-0.39, 0.29) is 12.3 Å². The molecule has 0 aliphatic rings. The van der Waals surface area contributed by atoms with E-state index in [0.29, 0.717) is 12.0 Å². The lowest BCUT2D eigenvalue weighted by Gasteiger charge is -2.25. The molecule has 0 fully saturated rings. The van der Waals surface area contributed by atoms with Crippen LogP contribution < -0.4 is 10.5 Å². The van der Waals surface area contributed by atoms with Crippen molar-refractivity contribution in [2.45, 2.75) is 25.3 Å². The van der Waals surface area contributed by atoms with Gasteiger partial charge >= 0.3 is 6.36 Å². The van der Waals surface area contributed by atoms with E-state index in [0.717, 1.165) is 6.07 Å². The average molecular weight is 249 g/mol. The molecular weight excluding hydrogens is 235 g/mol. The molecule has 0 amide bonds. The van der Waals surface area contributed by atoms with Crippen LogP contribution in [-0.2, 0) is 5.60 Å². The molecular formula is C11H14F3NO2. The van der Waals surface area contributed by atoms with Crippen LogP contribution in [0.1, 0.15) is 18.9 Å². The summed E-state index contributed by atoms with van der Waals surface area (Å²) in [6, 6.07) is 5.21. The molecule has 6 heteroatoms. The van der Waals surface area contributed by atoms with Gasteiger partial charge in [0.1, 0.15) is 11.4 Å². The Morgan fingerprint density at radius 2 is 2.00 bits per heavy atom. The zero-order valence-corrected chi connectivity index (χ0v) is 9.29. The Balaban J connectivity index is 3.01. The van der Waals surface area contributed by atoms with Gasteiger partial charge in [0.25, 0.3) is 0 Å². The van der Waals surface area contributed by atoms with Crippen LogP contribution in [0.4, 0.5) is 13.2 Å². The van der Waals surface area contributed by atoms with Gasteiger partial charge in [-0.05, 0) is 24.1 Å². The number of hydrogen-bond acceptors (Lipinski definition) is 3. The molecule has 3 N–H and O–H groups in total. The molecule has 1 rings (SSSR count). The third kappa shape index (κ3) is 3.61. The Hall–Kier alpha value is -1.27. The Bertz CT molecular complexity index is 375. The van der Waals surface area contributed by atoms with E-state index < -0.39 is 12.0 Å². The van der Waals surface area contributed by atoms with E-state index in [1.807, 2.05) is 0 Å². The van der Waals surface area contributed by atoms with Gasteiger partial charge in [0.2, 0.25) is 0 Å². The number of ether oxygens (including phenoxy) is 1. The lowest BCUT2D eigenvalue weighted by atomic mass is 9.91. The second kappa shape index (κ2) is 4.93. The van der Waals surface area contributed by atoms with E-state index >= 15 is 0 Å². The van der Waals surface area contributed by atoms with Crippen molar-refractivity contribution in [3.8, 4) is 5.75 Å². The van der Waals surface area contributed by atoms with Crippen LogP contribution >= 0.6 is 0 Å². The van der Waals surface area contributed by atoms with Gasteiger partial charge in [-0.3, -0.25) is 0 Å². The van der Waals surface area contributed by atoms with Crippen molar-refractivity contribution in [2.75, 3.05) is 6.54 Å². The molecule has 0 spiro atoms. The van der Waals surface area contributed by atoms with Crippen LogP contribution in [0.3, 0.4) is 0 Å². The molecule has 17 heavy (non-hydrogen) atoms. The van der Waals surface area contributed by atoms with E-state index in [2.05, 4.69) is 4.74 Å². The molecule has 1 aromatic carbocycles. The first-order chi connectivity index (χ1) is 7.80. The minimum absolute atomic E-state index is 0.0705. The van der Waals surface area contributed by atoms with Crippen LogP contribution in [0, 0.1) is 0 Å². The van der Waals surface area contributed by atoms with Crippen LogP contribution in [0.2, 0.25) is 0 Å². The lowest BCUT2D eigenvalue weighted by molar-refractivity contribution is -0.274. The van der Waals surface area contributed by atoms with Gasteiger partial charge in [-0.25, -0.2) is 0 Å². The Labute approximate surface area is 97.0 Å². The maximum Gasteiger partial charge on any atom is 0.573 e. The monoisotopic (exact) mass is 249 g/mol. The summed E-state index contributed by atoms with van der Waals surface area (Å²) in [6.45, 7) is 1.63. The first-order valence-corrected chi connectivity index (χ1v) is 5.09. The molecule has 96 valence electrons. The standard InChI is InChI=1S/C11H14F3NO2/c1-2-10(16,7-15)8-4-3-5-9(6-8)17-11(12,13)14/h3-6,16H,2,7,15H2,1H3. The van der Waals surface area contributed by atoms with E-state index in [1.54, 1.807) is 6.92 Å². The maximum atomic E-state index is 12.0. The fraction of sp³-hybridized carbons (Fsp3) is 0.455. The normalized spacial score (nSPS) is 15.4. The SMILES string of the molecule is CCC(O)(CN)c1cccc(OC(F)(F)F)c1. The molecule has 0 saturated carbocycles. The molecule has 0 aliphatic heterocycles. The summed E-state index contributed by atoms with van der Waals surface area (Å²) in [5.74, 6) is -0.365. The van der Waals surface area contributed by atoms with Gasteiger partial charge in [0.05, 0.1) is 0 Å².